The first-order chi connectivity index (χ1) is 13.7. The minimum atomic E-state index is -2.98. The molecular weight excluding hydrogens is 296 g/mol. The Morgan fingerprint density at radius 1 is 0.875 bits per heavy atom. The third kappa shape index (κ3) is 18.5. The first-order valence-corrected chi connectivity index (χ1v) is 9.02. The third-order valence-electron chi connectivity index (χ3n) is 3.37. The van der Waals surface area contributed by atoms with Gasteiger partial charge in [0.15, 0.2) is 0 Å². The van der Waals surface area contributed by atoms with Crippen molar-refractivity contribution in [3.05, 3.63) is 48.6 Å². The molecule has 0 radical (unpaired) electrons. The van der Waals surface area contributed by atoms with Crippen molar-refractivity contribution < 1.29 is 16.4 Å². The summed E-state index contributed by atoms with van der Waals surface area (Å²) < 4.78 is 39.9. The largest absolute Gasteiger partial charge is 0.466 e. The normalized spacial score (nSPS) is 16.5. The molecule has 0 aromatic heterocycles. The number of carbonyl (C=O) groups is 1. The Kier molecular flexibility index (Phi) is 12.0. The van der Waals surface area contributed by atoms with E-state index in [1.165, 1.54) is 25.7 Å². The number of allylic oxidation sites excluding steroid dienone is 8. The fourth-order valence-electron chi connectivity index (χ4n) is 2.03. The van der Waals surface area contributed by atoms with E-state index in [2.05, 4.69) is 48.1 Å². The van der Waals surface area contributed by atoms with Gasteiger partial charge in [-0.2, -0.15) is 0 Å². The quantitative estimate of drug-likeness (QED) is 0.189. The molecule has 0 rings (SSSR count). The van der Waals surface area contributed by atoms with Crippen LogP contribution in [0.25, 0.3) is 0 Å². The summed E-state index contributed by atoms with van der Waals surface area (Å²) in [5.41, 5.74) is 0. The van der Waals surface area contributed by atoms with Crippen LogP contribution in [-0.2, 0) is 9.53 Å². The Bertz CT molecular complexity index is 546. The standard InChI is InChI=1S/C22H36O2/c1-3-5-6-7-8-9-10-11-12-13-14-15-16-17-18-19-20-21-22(23)24-4-2/h8-9,11-12,14-15,17-18H,3-7,10,13,16,19-21H2,1-2H3/b9-8-,12-11-,15-14-,18-17-/i2D3,4D2. The molecule has 0 saturated heterocycles. The number of esters is 1. The highest BCUT2D eigenvalue weighted by Gasteiger charge is 1.98. The van der Waals surface area contributed by atoms with Gasteiger partial charge in [0.1, 0.15) is 0 Å². The molecule has 0 fully saturated rings. The van der Waals surface area contributed by atoms with Crippen molar-refractivity contribution >= 4 is 5.97 Å². The molecule has 2 nitrogen and oxygen atoms in total. The minimum Gasteiger partial charge on any atom is -0.466 e. The van der Waals surface area contributed by atoms with Crippen molar-refractivity contribution in [2.45, 2.75) is 78.0 Å². The molecule has 0 aliphatic heterocycles. The van der Waals surface area contributed by atoms with E-state index in [9.17, 15) is 4.79 Å². The Labute approximate surface area is 156 Å². The Hall–Kier alpha value is -1.57. The highest BCUT2D eigenvalue weighted by Crippen LogP contribution is 2.02. The van der Waals surface area contributed by atoms with Crippen LogP contribution >= 0.6 is 0 Å². The monoisotopic (exact) mass is 337 g/mol. The lowest BCUT2D eigenvalue weighted by Gasteiger charge is -1.98. The van der Waals surface area contributed by atoms with Crippen LogP contribution in [0.3, 0.4) is 0 Å². The van der Waals surface area contributed by atoms with Crippen LogP contribution in [0.1, 0.15) is 84.8 Å². The summed E-state index contributed by atoms with van der Waals surface area (Å²) in [5.74, 6) is -0.831. The summed E-state index contributed by atoms with van der Waals surface area (Å²) >= 11 is 0. The van der Waals surface area contributed by atoms with Gasteiger partial charge in [-0.15, -0.1) is 0 Å². The van der Waals surface area contributed by atoms with Crippen LogP contribution in [0, 0.1) is 0 Å². The number of rotatable bonds is 15. The predicted octanol–water partition coefficient (Wildman–Crippen LogP) is 6.70. The fourth-order valence-corrected chi connectivity index (χ4v) is 2.03. The summed E-state index contributed by atoms with van der Waals surface area (Å²) in [6.45, 7) is -3.70. The molecule has 0 aromatic rings. The van der Waals surface area contributed by atoms with E-state index < -0.39 is 19.4 Å². The average molecular weight is 338 g/mol. The highest BCUT2D eigenvalue weighted by atomic mass is 16.5. The number of hydrogen-bond donors (Lipinski definition) is 0. The maximum Gasteiger partial charge on any atom is 0.305 e. The van der Waals surface area contributed by atoms with Crippen molar-refractivity contribution in [3.8, 4) is 0 Å². The van der Waals surface area contributed by atoms with Crippen molar-refractivity contribution in [3.63, 3.8) is 0 Å². The lowest BCUT2D eigenvalue weighted by molar-refractivity contribution is -0.143. The third-order valence-corrected chi connectivity index (χ3v) is 3.37. The molecule has 0 N–H and O–H groups in total. The maximum atomic E-state index is 11.5. The average Bonchev–Trinajstić information content (AvgIpc) is 2.63. The molecule has 0 heterocycles. The molecule has 0 aliphatic carbocycles. The molecule has 0 spiro atoms. The van der Waals surface area contributed by atoms with Crippen LogP contribution in [0.5, 0.6) is 0 Å². The van der Waals surface area contributed by atoms with E-state index in [-0.39, 0.29) is 6.42 Å². The molecule has 0 bridgehead atoms. The van der Waals surface area contributed by atoms with Crippen LogP contribution in [-0.4, -0.2) is 12.5 Å². The summed E-state index contributed by atoms with van der Waals surface area (Å²) in [7, 11) is 0. The first kappa shape index (κ1) is 14.7. The Morgan fingerprint density at radius 3 is 1.96 bits per heavy atom. The van der Waals surface area contributed by atoms with Gasteiger partial charge in [0.05, 0.1) is 9.30 Å². The smallest absolute Gasteiger partial charge is 0.305 e. The van der Waals surface area contributed by atoms with Gasteiger partial charge in [0.25, 0.3) is 0 Å². The van der Waals surface area contributed by atoms with Crippen molar-refractivity contribution in [1.29, 1.82) is 0 Å². The minimum absolute atomic E-state index is 0.00634. The van der Waals surface area contributed by atoms with Crippen LogP contribution in [0.15, 0.2) is 48.6 Å². The molecule has 24 heavy (non-hydrogen) atoms. The lowest BCUT2D eigenvalue weighted by atomic mass is 10.2. The van der Waals surface area contributed by atoms with Crippen molar-refractivity contribution in [1.82, 2.24) is 0 Å². The zero-order chi connectivity index (χ0) is 22.0. The van der Waals surface area contributed by atoms with E-state index >= 15 is 0 Å². The van der Waals surface area contributed by atoms with Gasteiger partial charge in [0, 0.05) is 10.5 Å². The summed E-state index contributed by atoms with van der Waals surface area (Å²) in [5, 5.41) is 0. The van der Waals surface area contributed by atoms with Gasteiger partial charge < -0.3 is 4.74 Å². The van der Waals surface area contributed by atoms with E-state index in [1.807, 2.05) is 12.2 Å². The zero-order valence-electron chi connectivity index (χ0n) is 20.0. The maximum absolute atomic E-state index is 11.5. The number of unbranched alkanes of at least 4 members (excludes halogenated alkanes) is 4. The molecule has 0 aliphatic rings. The molecule has 0 unspecified atom stereocenters. The van der Waals surface area contributed by atoms with Gasteiger partial charge in [-0.1, -0.05) is 68.4 Å². The molecular formula is C22H36O2. The number of ether oxygens (including phenoxy) is 1. The van der Waals surface area contributed by atoms with Crippen molar-refractivity contribution in [2.75, 3.05) is 6.56 Å². The molecule has 0 saturated carbocycles. The van der Waals surface area contributed by atoms with E-state index in [0.29, 0.717) is 12.8 Å². The number of carbonyl (C=O) groups excluding carboxylic acids is 1. The van der Waals surface area contributed by atoms with Crippen LogP contribution in [0.2, 0.25) is 0 Å². The molecule has 0 amide bonds. The number of hydrogen-bond acceptors (Lipinski definition) is 2. The van der Waals surface area contributed by atoms with Crippen LogP contribution in [0.4, 0.5) is 0 Å². The zero-order valence-corrected chi connectivity index (χ0v) is 15.0. The lowest BCUT2D eigenvalue weighted by Crippen LogP contribution is -2.02. The van der Waals surface area contributed by atoms with Gasteiger partial charge >= 0.3 is 5.97 Å². The second-order valence-electron chi connectivity index (χ2n) is 5.56. The predicted molar refractivity (Wildman–Crippen MR) is 105 cm³/mol. The molecule has 2 heteroatoms. The van der Waals surface area contributed by atoms with E-state index in [4.69, 9.17) is 6.85 Å². The fraction of sp³-hybridized carbons (Fsp3) is 0.591. The highest BCUT2D eigenvalue weighted by molar-refractivity contribution is 5.69. The van der Waals surface area contributed by atoms with Crippen molar-refractivity contribution in [2.24, 2.45) is 0 Å². The Balaban J connectivity index is 3.71. The second kappa shape index (κ2) is 19.5. The SMILES string of the molecule is [2H]C([2H])([2H])C([2H])([2H])OC(=O)CCC/C=C\C/C=C\C/C=C\C/C=C\CCCCC. The van der Waals surface area contributed by atoms with E-state index in [0.717, 1.165) is 19.3 Å². The first-order valence-electron chi connectivity index (χ1n) is 11.5. The Morgan fingerprint density at radius 2 is 1.42 bits per heavy atom. The van der Waals surface area contributed by atoms with Gasteiger partial charge in [-0.25, -0.2) is 0 Å². The molecule has 136 valence electrons. The van der Waals surface area contributed by atoms with Gasteiger partial charge in [0.2, 0.25) is 0 Å². The van der Waals surface area contributed by atoms with Crippen LogP contribution < -0.4 is 0 Å². The topological polar surface area (TPSA) is 26.3 Å². The van der Waals surface area contributed by atoms with E-state index in [1.54, 1.807) is 0 Å². The summed E-state index contributed by atoms with van der Waals surface area (Å²) in [4.78, 5) is 11.5. The van der Waals surface area contributed by atoms with Gasteiger partial charge in [-0.3, -0.25) is 4.79 Å². The second-order valence-corrected chi connectivity index (χ2v) is 5.56. The molecule has 0 atom stereocenters. The summed E-state index contributed by atoms with van der Waals surface area (Å²) in [6.07, 6.45) is 25.8. The van der Waals surface area contributed by atoms with Gasteiger partial charge in [-0.05, 0) is 51.8 Å². The molecule has 0 aromatic carbocycles. The summed E-state index contributed by atoms with van der Waals surface area (Å²) in [6, 6.07) is 0.